The van der Waals surface area contributed by atoms with Crippen molar-refractivity contribution in [3.05, 3.63) is 34.9 Å². The highest BCUT2D eigenvalue weighted by atomic mass is 16.2. The number of nitrogens with zero attached hydrogens (tertiary/aromatic N) is 1. The zero-order chi connectivity index (χ0) is 15.4. The van der Waals surface area contributed by atoms with E-state index in [-0.39, 0.29) is 5.91 Å². The van der Waals surface area contributed by atoms with Gasteiger partial charge in [-0.05, 0) is 50.3 Å². The van der Waals surface area contributed by atoms with Crippen LogP contribution in [0, 0.1) is 19.8 Å². The van der Waals surface area contributed by atoms with Crippen molar-refractivity contribution in [2.24, 2.45) is 5.92 Å². The quantitative estimate of drug-likeness (QED) is 0.902. The molecule has 0 radical (unpaired) electrons. The molecule has 1 aliphatic heterocycles. The first-order valence-electron chi connectivity index (χ1n) is 8.08. The van der Waals surface area contributed by atoms with Crippen molar-refractivity contribution in [3.8, 4) is 0 Å². The molecule has 1 fully saturated rings. The van der Waals surface area contributed by atoms with Crippen molar-refractivity contribution in [3.63, 3.8) is 0 Å². The van der Waals surface area contributed by atoms with E-state index in [0.717, 1.165) is 36.3 Å². The summed E-state index contributed by atoms with van der Waals surface area (Å²) < 4.78 is 0. The van der Waals surface area contributed by atoms with Gasteiger partial charge in [-0.15, -0.1) is 0 Å². The van der Waals surface area contributed by atoms with E-state index in [9.17, 15) is 4.79 Å². The van der Waals surface area contributed by atoms with Crippen LogP contribution in [0.15, 0.2) is 18.2 Å². The Morgan fingerprint density at radius 3 is 2.52 bits per heavy atom. The molecule has 21 heavy (non-hydrogen) atoms. The lowest BCUT2D eigenvalue weighted by atomic mass is 10.0. The predicted molar refractivity (Wildman–Crippen MR) is 87.7 cm³/mol. The first kappa shape index (κ1) is 16.0. The Morgan fingerprint density at radius 2 is 2.00 bits per heavy atom. The molecule has 3 nitrogen and oxygen atoms in total. The predicted octanol–water partition coefficient (Wildman–Crippen LogP) is 3.15. The smallest absolute Gasteiger partial charge is 0.254 e. The Bertz CT molecular complexity index is 470. The number of nitrogens with one attached hydrogen (secondary N) is 1. The fourth-order valence-electron chi connectivity index (χ4n) is 3.17. The fraction of sp³-hybridized carbons (Fsp3) is 0.611. The number of hydrogen-bond acceptors (Lipinski definition) is 2. The van der Waals surface area contributed by atoms with Gasteiger partial charge in [0.05, 0.1) is 0 Å². The van der Waals surface area contributed by atoms with Crippen LogP contribution in [-0.4, -0.2) is 36.5 Å². The highest BCUT2D eigenvalue weighted by Crippen LogP contribution is 2.18. The topological polar surface area (TPSA) is 32.3 Å². The molecule has 1 aromatic carbocycles. The van der Waals surface area contributed by atoms with Gasteiger partial charge in [0.1, 0.15) is 0 Å². The largest absolute Gasteiger partial charge is 0.337 e. The molecule has 1 atom stereocenters. The summed E-state index contributed by atoms with van der Waals surface area (Å²) in [7, 11) is 0. The summed E-state index contributed by atoms with van der Waals surface area (Å²) in [6, 6.07) is 6.53. The maximum atomic E-state index is 13.0. The second-order valence-electron chi connectivity index (χ2n) is 6.66. The van der Waals surface area contributed by atoms with E-state index in [1.165, 1.54) is 12.8 Å². The minimum atomic E-state index is 0.188. The van der Waals surface area contributed by atoms with Gasteiger partial charge >= 0.3 is 0 Å². The van der Waals surface area contributed by atoms with Gasteiger partial charge in [-0.3, -0.25) is 4.79 Å². The van der Waals surface area contributed by atoms with Gasteiger partial charge in [0.25, 0.3) is 5.91 Å². The molecule has 2 rings (SSSR count). The minimum absolute atomic E-state index is 0.188. The zero-order valence-electron chi connectivity index (χ0n) is 13.8. The molecule has 116 valence electrons. The molecule has 0 spiro atoms. The van der Waals surface area contributed by atoms with Crippen molar-refractivity contribution < 1.29 is 4.79 Å². The lowest BCUT2D eigenvalue weighted by Gasteiger charge is -2.28. The Balaban J connectivity index is 2.20. The summed E-state index contributed by atoms with van der Waals surface area (Å²) in [5.74, 6) is 0.674. The van der Waals surface area contributed by atoms with Crippen molar-refractivity contribution >= 4 is 5.91 Å². The summed E-state index contributed by atoms with van der Waals surface area (Å²) in [5.41, 5.74) is 3.04. The molecular weight excluding hydrogens is 260 g/mol. The first-order valence-corrected chi connectivity index (χ1v) is 8.08. The second-order valence-corrected chi connectivity index (χ2v) is 6.66. The van der Waals surface area contributed by atoms with Gasteiger partial charge in [0.15, 0.2) is 0 Å². The molecule has 1 aliphatic rings. The van der Waals surface area contributed by atoms with Crippen LogP contribution in [0.4, 0.5) is 0 Å². The molecule has 1 heterocycles. The summed E-state index contributed by atoms with van der Waals surface area (Å²) in [6.07, 6.45) is 2.40. The summed E-state index contributed by atoms with van der Waals surface area (Å²) >= 11 is 0. The van der Waals surface area contributed by atoms with Crippen LogP contribution < -0.4 is 5.32 Å². The van der Waals surface area contributed by atoms with E-state index in [1.807, 2.05) is 36.9 Å². The maximum Gasteiger partial charge on any atom is 0.254 e. The van der Waals surface area contributed by atoms with Crippen LogP contribution >= 0.6 is 0 Å². The van der Waals surface area contributed by atoms with Crippen LogP contribution in [0.25, 0.3) is 0 Å². The van der Waals surface area contributed by atoms with Crippen LogP contribution in [0.1, 0.15) is 48.2 Å². The Morgan fingerprint density at radius 1 is 1.33 bits per heavy atom. The van der Waals surface area contributed by atoms with Gasteiger partial charge in [0.2, 0.25) is 0 Å². The van der Waals surface area contributed by atoms with Crippen LogP contribution in [-0.2, 0) is 0 Å². The van der Waals surface area contributed by atoms with E-state index in [2.05, 4.69) is 19.2 Å². The molecule has 0 aromatic heterocycles. The number of amides is 1. The number of carbonyl (C=O) groups is 1. The van der Waals surface area contributed by atoms with Crippen molar-refractivity contribution in [1.29, 1.82) is 0 Å². The maximum absolute atomic E-state index is 13.0. The van der Waals surface area contributed by atoms with Crippen LogP contribution in [0.3, 0.4) is 0 Å². The molecule has 1 N–H and O–H groups in total. The highest BCUT2D eigenvalue weighted by molar-refractivity contribution is 5.97. The lowest BCUT2D eigenvalue weighted by Crippen LogP contribution is -2.43. The third kappa shape index (κ3) is 4.07. The van der Waals surface area contributed by atoms with Gasteiger partial charge in [0, 0.05) is 24.7 Å². The third-order valence-corrected chi connectivity index (χ3v) is 4.17. The number of carbonyl (C=O) groups excluding carboxylic acids is 1. The van der Waals surface area contributed by atoms with Crippen molar-refractivity contribution in [2.45, 2.75) is 46.6 Å². The summed E-state index contributed by atoms with van der Waals surface area (Å²) in [5, 5.41) is 3.50. The van der Waals surface area contributed by atoms with Crippen molar-refractivity contribution in [1.82, 2.24) is 10.2 Å². The van der Waals surface area contributed by atoms with Gasteiger partial charge in [-0.1, -0.05) is 32.0 Å². The first-order chi connectivity index (χ1) is 9.99. The monoisotopic (exact) mass is 288 g/mol. The fourth-order valence-corrected chi connectivity index (χ4v) is 3.17. The third-order valence-electron chi connectivity index (χ3n) is 4.17. The van der Waals surface area contributed by atoms with Gasteiger partial charge < -0.3 is 10.2 Å². The van der Waals surface area contributed by atoms with Crippen LogP contribution in [0.2, 0.25) is 0 Å². The van der Waals surface area contributed by atoms with E-state index in [4.69, 9.17) is 0 Å². The zero-order valence-corrected chi connectivity index (χ0v) is 13.8. The Labute approximate surface area is 128 Å². The van der Waals surface area contributed by atoms with Crippen molar-refractivity contribution in [2.75, 3.05) is 19.6 Å². The summed E-state index contributed by atoms with van der Waals surface area (Å²) in [6.45, 7) is 11.1. The van der Waals surface area contributed by atoms with E-state index in [1.54, 1.807) is 0 Å². The minimum Gasteiger partial charge on any atom is -0.337 e. The average molecular weight is 288 g/mol. The Hall–Kier alpha value is -1.35. The number of rotatable bonds is 5. The summed E-state index contributed by atoms with van der Waals surface area (Å²) in [4.78, 5) is 15.1. The second kappa shape index (κ2) is 7.08. The molecule has 1 unspecified atom stereocenters. The normalized spacial score (nSPS) is 18.2. The average Bonchev–Trinajstić information content (AvgIpc) is 2.90. The Kier molecular flexibility index (Phi) is 5.40. The molecule has 0 bridgehead atoms. The van der Waals surface area contributed by atoms with Crippen LogP contribution in [0.5, 0.6) is 0 Å². The highest BCUT2D eigenvalue weighted by Gasteiger charge is 2.24. The van der Waals surface area contributed by atoms with E-state index >= 15 is 0 Å². The molecule has 3 heteroatoms. The number of hydrogen-bond donors (Lipinski definition) is 1. The molecular formula is C18H28N2O. The molecule has 0 saturated carbocycles. The molecule has 1 amide bonds. The van der Waals surface area contributed by atoms with Gasteiger partial charge in [-0.2, -0.15) is 0 Å². The van der Waals surface area contributed by atoms with E-state index < -0.39 is 0 Å². The number of aryl methyl sites for hydroxylation is 2. The molecule has 1 aromatic rings. The number of benzene rings is 1. The molecule has 0 aliphatic carbocycles. The lowest BCUT2D eigenvalue weighted by molar-refractivity contribution is 0.0720. The SMILES string of the molecule is Cc1cccc(C)c1C(=O)N(CC(C)C)CC1CCCN1. The molecule has 1 saturated heterocycles. The van der Waals surface area contributed by atoms with E-state index in [0.29, 0.717) is 12.0 Å². The van der Waals surface area contributed by atoms with Gasteiger partial charge in [-0.25, -0.2) is 0 Å². The standard InChI is InChI=1S/C18H28N2O/c1-13(2)11-20(12-16-9-6-10-19-16)18(21)17-14(3)7-5-8-15(17)4/h5,7-8,13,16,19H,6,9-12H2,1-4H3.